The summed E-state index contributed by atoms with van der Waals surface area (Å²) in [6, 6.07) is 8.60. The van der Waals surface area contributed by atoms with Gasteiger partial charge in [0.25, 0.3) is 5.69 Å². The Hall–Kier alpha value is -2.28. The highest BCUT2D eigenvalue weighted by Crippen LogP contribution is 2.36. The van der Waals surface area contributed by atoms with Gasteiger partial charge in [-0.3, -0.25) is 10.1 Å². The predicted octanol–water partition coefficient (Wildman–Crippen LogP) is 5.01. The summed E-state index contributed by atoms with van der Waals surface area (Å²) < 4.78 is 37.7. The Morgan fingerprint density at radius 3 is 2.43 bits per heavy atom. The van der Waals surface area contributed by atoms with Crippen molar-refractivity contribution < 1.29 is 18.1 Å². The second kappa shape index (κ2) is 5.61. The van der Waals surface area contributed by atoms with Crippen LogP contribution in [0, 0.1) is 10.1 Å². The van der Waals surface area contributed by atoms with Gasteiger partial charge in [0.2, 0.25) is 0 Å². The quantitative estimate of drug-likeness (QED) is 0.639. The third kappa shape index (κ3) is 3.63. The molecule has 110 valence electrons. The van der Waals surface area contributed by atoms with Gasteiger partial charge >= 0.3 is 6.18 Å². The van der Waals surface area contributed by atoms with Crippen LogP contribution in [0.15, 0.2) is 42.5 Å². The zero-order valence-electron chi connectivity index (χ0n) is 10.3. The molecule has 8 heteroatoms. The van der Waals surface area contributed by atoms with Gasteiger partial charge in [-0.15, -0.1) is 0 Å². The monoisotopic (exact) mass is 316 g/mol. The van der Waals surface area contributed by atoms with E-state index in [0.717, 1.165) is 12.1 Å². The number of nitrogens with zero attached hydrogens (tertiary/aromatic N) is 1. The molecule has 0 atom stereocenters. The first-order chi connectivity index (χ1) is 9.77. The smallest absolute Gasteiger partial charge is 0.350 e. The van der Waals surface area contributed by atoms with Gasteiger partial charge in [-0.25, -0.2) is 0 Å². The van der Waals surface area contributed by atoms with E-state index in [1.807, 2.05) is 0 Å². The number of rotatable bonds is 3. The maximum Gasteiger partial charge on any atom is 0.416 e. The van der Waals surface area contributed by atoms with Gasteiger partial charge in [0.15, 0.2) is 0 Å². The van der Waals surface area contributed by atoms with Crippen molar-refractivity contribution in [2.24, 2.45) is 0 Å². The number of hydrogen-bond donors (Lipinski definition) is 1. The van der Waals surface area contributed by atoms with Gasteiger partial charge < -0.3 is 5.32 Å². The molecule has 0 spiro atoms. The summed E-state index contributed by atoms with van der Waals surface area (Å²) in [6.45, 7) is 0. The zero-order valence-corrected chi connectivity index (χ0v) is 11.1. The van der Waals surface area contributed by atoms with E-state index in [0.29, 0.717) is 16.8 Å². The molecule has 0 aliphatic rings. The second-order valence-electron chi connectivity index (χ2n) is 4.12. The minimum absolute atomic E-state index is 0.0460. The Morgan fingerprint density at radius 1 is 1.14 bits per heavy atom. The maximum atomic E-state index is 12.6. The molecule has 4 nitrogen and oxygen atoms in total. The first-order valence-corrected chi connectivity index (χ1v) is 6.03. The molecular formula is C13H8ClF3N2O2. The Kier molecular flexibility index (Phi) is 4.04. The van der Waals surface area contributed by atoms with Gasteiger partial charge in [0.1, 0.15) is 5.69 Å². The number of benzene rings is 2. The van der Waals surface area contributed by atoms with Crippen LogP contribution in [0.5, 0.6) is 0 Å². The third-order valence-corrected chi connectivity index (χ3v) is 2.86. The normalized spacial score (nSPS) is 11.2. The van der Waals surface area contributed by atoms with Crippen molar-refractivity contribution in [2.45, 2.75) is 6.18 Å². The maximum absolute atomic E-state index is 12.6. The molecule has 2 rings (SSSR count). The molecule has 21 heavy (non-hydrogen) atoms. The van der Waals surface area contributed by atoms with Crippen molar-refractivity contribution in [3.05, 3.63) is 63.2 Å². The Morgan fingerprint density at radius 2 is 1.86 bits per heavy atom. The van der Waals surface area contributed by atoms with Gasteiger partial charge in [-0.05, 0) is 30.3 Å². The van der Waals surface area contributed by atoms with Gasteiger partial charge in [-0.1, -0.05) is 17.7 Å². The molecule has 0 fully saturated rings. The largest absolute Gasteiger partial charge is 0.416 e. The molecular weight excluding hydrogens is 309 g/mol. The highest BCUT2D eigenvalue weighted by atomic mass is 35.5. The zero-order chi connectivity index (χ0) is 15.6. The van der Waals surface area contributed by atoms with E-state index in [4.69, 9.17) is 11.6 Å². The molecule has 2 aromatic rings. The van der Waals surface area contributed by atoms with E-state index in [-0.39, 0.29) is 5.69 Å². The lowest BCUT2D eigenvalue weighted by atomic mass is 10.1. The summed E-state index contributed by atoms with van der Waals surface area (Å²) in [5, 5.41) is 14.0. The van der Waals surface area contributed by atoms with Crippen LogP contribution in [-0.2, 0) is 6.18 Å². The van der Waals surface area contributed by atoms with Crippen molar-refractivity contribution in [2.75, 3.05) is 5.32 Å². The molecule has 0 heterocycles. The molecule has 0 aliphatic carbocycles. The molecule has 1 N–H and O–H groups in total. The fourth-order valence-corrected chi connectivity index (χ4v) is 1.88. The lowest BCUT2D eigenvalue weighted by Crippen LogP contribution is -2.06. The van der Waals surface area contributed by atoms with Crippen LogP contribution in [0.3, 0.4) is 0 Å². The van der Waals surface area contributed by atoms with E-state index in [9.17, 15) is 23.3 Å². The summed E-state index contributed by atoms with van der Waals surface area (Å²) in [5.41, 5.74) is -1.35. The van der Waals surface area contributed by atoms with Crippen LogP contribution in [0.25, 0.3) is 0 Å². The fraction of sp³-hybridized carbons (Fsp3) is 0.0769. The van der Waals surface area contributed by atoms with Crippen molar-refractivity contribution in [3.8, 4) is 0 Å². The number of hydrogen-bond acceptors (Lipinski definition) is 3. The van der Waals surface area contributed by atoms with E-state index < -0.39 is 22.4 Å². The summed E-state index contributed by atoms with van der Waals surface area (Å²) in [6.07, 6.45) is -4.64. The van der Waals surface area contributed by atoms with Gasteiger partial charge in [0.05, 0.1) is 10.5 Å². The Labute approximate surface area is 122 Å². The average Bonchev–Trinajstić information content (AvgIpc) is 2.37. The number of nitrogens with one attached hydrogen (secondary N) is 1. The first-order valence-electron chi connectivity index (χ1n) is 5.65. The van der Waals surface area contributed by atoms with Crippen molar-refractivity contribution >= 4 is 28.7 Å². The Balaban J connectivity index is 2.42. The van der Waals surface area contributed by atoms with E-state index in [2.05, 4.69) is 5.32 Å². The van der Waals surface area contributed by atoms with E-state index in [1.165, 1.54) is 6.07 Å². The van der Waals surface area contributed by atoms with Crippen molar-refractivity contribution in [3.63, 3.8) is 0 Å². The van der Waals surface area contributed by atoms with E-state index in [1.54, 1.807) is 18.2 Å². The molecule has 0 aromatic heterocycles. The van der Waals surface area contributed by atoms with E-state index >= 15 is 0 Å². The third-order valence-electron chi connectivity index (χ3n) is 2.63. The number of nitro groups is 1. The fourth-order valence-electron chi connectivity index (χ4n) is 1.69. The lowest BCUT2D eigenvalue weighted by molar-refractivity contribution is -0.384. The molecule has 0 bridgehead atoms. The van der Waals surface area contributed by atoms with Gasteiger partial charge in [-0.2, -0.15) is 13.2 Å². The minimum Gasteiger partial charge on any atom is -0.350 e. The molecule has 0 amide bonds. The van der Waals surface area contributed by atoms with Crippen LogP contribution in [0.2, 0.25) is 5.02 Å². The number of anilines is 2. The summed E-state index contributed by atoms with van der Waals surface area (Å²) >= 11 is 5.78. The van der Waals surface area contributed by atoms with Crippen LogP contribution in [0.4, 0.5) is 30.2 Å². The molecule has 0 saturated carbocycles. The second-order valence-corrected chi connectivity index (χ2v) is 4.56. The average molecular weight is 317 g/mol. The predicted molar refractivity (Wildman–Crippen MR) is 72.8 cm³/mol. The minimum atomic E-state index is -4.64. The molecule has 0 saturated heterocycles. The summed E-state index contributed by atoms with van der Waals surface area (Å²) in [7, 11) is 0. The number of nitro benzene ring substituents is 1. The first kappa shape index (κ1) is 15.1. The molecule has 0 radical (unpaired) electrons. The van der Waals surface area contributed by atoms with Gasteiger partial charge in [0, 0.05) is 16.8 Å². The van der Waals surface area contributed by atoms with Crippen LogP contribution in [0.1, 0.15) is 5.56 Å². The topological polar surface area (TPSA) is 55.2 Å². The number of halogens is 4. The van der Waals surface area contributed by atoms with Crippen molar-refractivity contribution in [1.82, 2.24) is 0 Å². The van der Waals surface area contributed by atoms with Crippen LogP contribution in [-0.4, -0.2) is 4.92 Å². The summed E-state index contributed by atoms with van der Waals surface area (Å²) in [5.74, 6) is 0. The van der Waals surface area contributed by atoms with Crippen molar-refractivity contribution in [1.29, 1.82) is 0 Å². The standard InChI is InChI=1S/C13H8ClF3N2O2/c14-9-2-1-3-10(7-9)18-11-5-4-8(13(15,16)17)6-12(11)19(20)21/h1-7,18H. The highest BCUT2D eigenvalue weighted by molar-refractivity contribution is 6.30. The van der Waals surface area contributed by atoms with Crippen LogP contribution < -0.4 is 5.32 Å². The van der Waals surface area contributed by atoms with Crippen LogP contribution >= 0.6 is 11.6 Å². The molecule has 0 unspecified atom stereocenters. The molecule has 2 aromatic carbocycles. The Bertz CT molecular complexity index is 689. The molecule has 0 aliphatic heterocycles. The lowest BCUT2D eigenvalue weighted by Gasteiger charge is -2.10. The summed E-state index contributed by atoms with van der Waals surface area (Å²) in [4.78, 5) is 10.1. The highest BCUT2D eigenvalue weighted by Gasteiger charge is 2.33. The number of alkyl halides is 3. The SMILES string of the molecule is O=[N+]([O-])c1cc(C(F)(F)F)ccc1Nc1cccc(Cl)c1.